The third kappa shape index (κ3) is 5.65. The minimum atomic E-state index is -0.495. The van der Waals surface area contributed by atoms with Crippen LogP contribution in [0, 0.1) is 0 Å². The van der Waals surface area contributed by atoms with Gasteiger partial charge < -0.3 is 9.72 Å². The van der Waals surface area contributed by atoms with E-state index in [4.69, 9.17) is 16.3 Å². The number of aryl methyl sites for hydroxylation is 1. The van der Waals surface area contributed by atoms with Gasteiger partial charge in [-0.1, -0.05) is 89.1 Å². The SMILES string of the molecule is CCc1cccc2c(-c3ccccc3Cl)c(C(=O)NN=Cc3cc(Br)ccc3OC(=O)c3ccccc3)[nH]c12. The molecule has 0 aliphatic heterocycles. The topological polar surface area (TPSA) is 83.5 Å². The lowest BCUT2D eigenvalue weighted by molar-refractivity contribution is 0.0734. The molecule has 5 aromatic rings. The van der Waals surface area contributed by atoms with Gasteiger partial charge in [-0.25, -0.2) is 10.2 Å². The van der Waals surface area contributed by atoms with Crippen LogP contribution in [-0.2, 0) is 6.42 Å². The molecule has 0 atom stereocenters. The summed E-state index contributed by atoms with van der Waals surface area (Å²) in [4.78, 5) is 29.3. The van der Waals surface area contributed by atoms with Gasteiger partial charge in [-0.15, -0.1) is 0 Å². The Balaban J connectivity index is 1.46. The highest BCUT2D eigenvalue weighted by atomic mass is 79.9. The van der Waals surface area contributed by atoms with E-state index in [0.29, 0.717) is 33.2 Å². The quantitative estimate of drug-likeness (QED) is 0.0865. The maximum absolute atomic E-state index is 13.4. The van der Waals surface area contributed by atoms with Gasteiger partial charge in [0, 0.05) is 37.1 Å². The molecule has 194 valence electrons. The van der Waals surface area contributed by atoms with E-state index in [1.807, 2.05) is 42.5 Å². The van der Waals surface area contributed by atoms with E-state index in [-0.39, 0.29) is 0 Å². The molecule has 4 aromatic carbocycles. The standard InChI is InChI=1S/C31H23BrClN3O3/c1-2-19-11-8-13-24-27(23-12-6-7-14-25(23)33)29(35-28(19)24)30(37)36-34-18-21-17-22(32)15-16-26(21)39-31(38)20-9-4-3-5-10-20/h3-18,35H,2H2,1H3,(H,36,37). The second-order valence-electron chi connectivity index (χ2n) is 8.68. The summed E-state index contributed by atoms with van der Waals surface area (Å²) >= 11 is 9.98. The number of amides is 1. The van der Waals surface area contributed by atoms with Crippen molar-refractivity contribution in [1.82, 2.24) is 10.4 Å². The van der Waals surface area contributed by atoms with E-state index in [1.165, 1.54) is 6.21 Å². The Hall–Kier alpha value is -4.20. The van der Waals surface area contributed by atoms with Crippen molar-refractivity contribution in [2.75, 3.05) is 0 Å². The lowest BCUT2D eigenvalue weighted by Crippen LogP contribution is -2.19. The van der Waals surface area contributed by atoms with Gasteiger partial charge in [-0.2, -0.15) is 5.10 Å². The third-order valence-corrected chi connectivity index (χ3v) is 7.05. The average Bonchev–Trinajstić information content (AvgIpc) is 3.35. The molecule has 2 N–H and O–H groups in total. The van der Waals surface area contributed by atoms with Crippen LogP contribution in [0.25, 0.3) is 22.0 Å². The first-order valence-corrected chi connectivity index (χ1v) is 13.4. The molecule has 39 heavy (non-hydrogen) atoms. The van der Waals surface area contributed by atoms with Gasteiger partial charge in [-0.05, 0) is 48.4 Å². The Kier molecular flexibility index (Phi) is 7.91. The predicted octanol–water partition coefficient (Wildman–Crippen LogP) is 7.80. The van der Waals surface area contributed by atoms with E-state index >= 15 is 0 Å². The number of hydrazone groups is 1. The predicted molar refractivity (Wildman–Crippen MR) is 159 cm³/mol. The summed E-state index contributed by atoms with van der Waals surface area (Å²) in [5.41, 5.74) is 7.30. The van der Waals surface area contributed by atoms with Crippen LogP contribution >= 0.6 is 27.5 Å². The van der Waals surface area contributed by atoms with Gasteiger partial charge in [0.15, 0.2) is 0 Å². The molecule has 0 unspecified atom stereocenters. The molecule has 0 saturated heterocycles. The normalized spacial score (nSPS) is 11.2. The molecule has 0 aliphatic rings. The summed E-state index contributed by atoms with van der Waals surface area (Å²) < 4.78 is 6.36. The highest BCUT2D eigenvalue weighted by molar-refractivity contribution is 9.10. The first-order valence-electron chi connectivity index (χ1n) is 12.2. The maximum Gasteiger partial charge on any atom is 0.343 e. The zero-order chi connectivity index (χ0) is 27.4. The first-order chi connectivity index (χ1) is 19.0. The Morgan fingerprint density at radius 3 is 2.54 bits per heavy atom. The Bertz CT molecular complexity index is 1710. The van der Waals surface area contributed by atoms with Crippen molar-refractivity contribution >= 4 is 56.5 Å². The van der Waals surface area contributed by atoms with Crippen LogP contribution in [0.1, 0.15) is 38.9 Å². The average molecular weight is 601 g/mol. The van der Waals surface area contributed by atoms with Crippen LogP contribution in [0.15, 0.2) is 101 Å². The van der Waals surface area contributed by atoms with Crippen molar-refractivity contribution in [3.05, 3.63) is 123 Å². The lowest BCUT2D eigenvalue weighted by Gasteiger charge is -2.08. The molecule has 0 bridgehead atoms. The number of carbonyl (C=O) groups is 2. The highest BCUT2D eigenvalue weighted by Crippen LogP contribution is 2.37. The van der Waals surface area contributed by atoms with Gasteiger partial charge in [0.1, 0.15) is 11.4 Å². The number of H-pyrrole nitrogens is 1. The highest BCUT2D eigenvalue weighted by Gasteiger charge is 2.22. The molecule has 0 radical (unpaired) electrons. The minimum absolute atomic E-state index is 0.306. The van der Waals surface area contributed by atoms with Crippen LogP contribution in [0.2, 0.25) is 5.02 Å². The number of fused-ring (bicyclic) bond motifs is 1. The summed E-state index contributed by atoms with van der Waals surface area (Å²) in [6.45, 7) is 2.06. The second-order valence-corrected chi connectivity index (χ2v) is 10.0. The van der Waals surface area contributed by atoms with Crippen LogP contribution in [0.4, 0.5) is 0 Å². The fourth-order valence-corrected chi connectivity index (χ4v) is 4.96. The number of ether oxygens (including phenoxy) is 1. The number of rotatable bonds is 7. The van der Waals surface area contributed by atoms with Crippen LogP contribution in [0.3, 0.4) is 0 Å². The largest absolute Gasteiger partial charge is 0.422 e. The number of aromatic nitrogens is 1. The lowest BCUT2D eigenvalue weighted by atomic mass is 9.99. The molecule has 1 amide bonds. The number of nitrogens with one attached hydrogen (secondary N) is 2. The van der Waals surface area contributed by atoms with Crippen molar-refractivity contribution in [2.45, 2.75) is 13.3 Å². The minimum Gasteiger partial charge on any atom is -0.422 e. The summed E-state index contributed by atoms with van der Waals surface area (Å²) in [6, 6.07) is 27.3. The van der Waals surface area contributed by atoms with Crippen molar-refractivity contribution in [3.63, 3.8) is 0 Å². The zero-order valence-corrected chi connectivity index (χ0v) is 23.2. The zero-order valence-electron chi connectivity index (χ0n) is 20.9. The van der Waals surface area contributed by atoms with E-state index in [1.54, 1.807) is 48.5 Å². The molecular weight excluding hydrogens is 578 g/mol. The smallest absolute Gasteiger partial charge is 0.343 e. The fraction of sp³-hybridized carbons (Fsp3) is 0.0645. The molecule has 0 saturated carbocycles. The monoisotopic (exact) mass is 599 g/mol. The molecule has 1 aromatic heterocycles. The number of aromatic amines is 1. The number of benzene rings is 4. The first kappa shape index (κ1) is 26.4. The number of esters is 1. The Labute approximate surface area is 238 Å². The van der Waals surface area contributed by atoms with Crippen LogP contribution in [0.5, 0.6) is 5.75 Å². The van der Waals surface area contributed by atoms with Gasteiger partial charge >= 0.3 is 5.97 Å². The van der Waals surface area contributed by atoms with Crippen molar-refractivity contribution in [2.24, 2.45) is 5.10 Å². The number of para-hydroxylation sites is 1. The molecule has 5 rings (SSSR count). The summed E-state index contributed by atoms with van der Waals surface area (Å²) in [5.74, 6) is -0.622. The van der Waals surface area contributed by atoms with Crippen molar-refractivity contribution in [3.8, 4) is 16.9 Å². The fourth-order valence-electron chi connectivity index (χ4n) is 4.35. The van der Waals surface area contributed by atoms with Gasteiger partial charge in [-0.3, -0.25) is 4.79 Å². The van der Waals surface area contributed by atoms with E-state index in [2.05, 4.69) is 38.4 Å². The van der Waals surface area contributed by atoms with Crippen LogP contribution < -0.4 is 10.2 Å². The third-order valence-electron chi connectivity index (χ3n) is 6.22. The number of hydrogen-bond acceptors (Lipinski definition) is 4. The Morgan fingerprint density at radius 1 is 1.00 bits per heavy atom. The van der Waals surface area contributed by atoms with Crippen LogP contribution in [-0.4, -0.2) is 23.1 Å². The molecule has 0 fully saturated rings. The molecular formula is C31H23BrClN3O3. The van der Waals surface area contributed by atoms with Gasteiger partial charge in [0.25, 0.3) is 5.91 Å². The molecule has 1 heterocycles. The van der Waals surface area contributed by atoms with Gasteiger partial charge in [0.2, 0.25) is 0 Å². The number of carbonyl (C=O) groups excluding carboxylic acids is 2. The number of halogens is 2. The second kappa shape index (κ2) is 11.7. The number of hydrogen-bond donors (Lipinski definition) is 2. The van der Waals surface area contributed by atoms with Crippen molar-refractivity contribution < 1.29 is 14.3 Å². The molecule has 8 heteroatoms. The molecule has 0 aliphatic carbocycles. The van der Waals surface area contributed by atoms with E-state index < -0.39 is 11.9 Å². The number of nitrogens with zero attached hydrogens (tertiary/aromatic N) is 1. The summed E-state index contributed by atoms with van der Waals surface area (Å²) in [6.07, 6.45) is 2.23. The summed E-state index contributed by atoms with van der Waals surface area (Å²) in [5, 5.41) is 5.62. The molecule has 6 nitrogen and oxygen atoms in total. The maximum atomic E-state index is 13.4. The Morgan fingerprint density at radius 2 is 1.77 bits per heavy atom. The van der Waals surface area contributed by atoms with Crippen molar-refractivity contribution in [1.29, 1.82) is 0 Å². The van der Waals surface area contributed by atoms with Gasteiger partial charge in [0.05, 0.1) is 11.8 Å². The van der Waals surface area contributed by atoms with E-state index in [9.17, 15) is 9.59 Å². The summed E-state index contributed by atoms with van der Waals surface area (Å²) in [7, 11) is 0. The van der Waals surface area contributed by atoms with E-state index in [0.717, 1.165) is 32.9 Å². The molecule has 0 spiro atoms.